The maximum atomic E-state index is 12.6. The van der Waals surface area contributed by atoms with E-state index in [0.29, 0.717) is 31.8 Å². The minimum Gasteiger partial charge on any atom is -0.465 e. The van der Waals surface area contributed by atoms with Crippen molar-refractivity contribution in [2.75, 3.05) is 26.4 Å². The summed E-state index contributed by atoms with van der Waals surface area (Å²) in [5.74, 6) is -0.676. The highest BCUT2D eigenvalue weighted by molar-refractivity contribution is 5.85. The molecule has 4 N–H and O–H groups in total. The average Bonchev–Trinajstić information content (AvgIpc) is 3.46. The maximum Gasteiger partial charge on any atom is 0.407 e. The number of unbranched alkanes of at least 4 members (excludes halogenated alkanes) is 1. The van der Waals surface area contributed by atoms with E-state index in [2.05, 4.69) is 26.2 Å². The van der Waals surface area contributed by atoms with Crippen molar-refractivity contribution < 1.29 is 28.6 Å². The molecule has 45 heavy (non-hydrogen) atoms. The van der Waals surface area contributed by atoms with Crippen LogP contribution >= 0.6 is 12.4 Å². The first kappa shape index (κ1) is 39.0. The molecule has 0 radical (unpaired) electrons. The number of carbonyl (C=O) groups excluding carboxylic acids is 3. The highest BCUT2D eigenvalue weighted by atomic mass is 35.5. The van der Waals surface area contributed by atoms with E-state index in [0.717, 1.165) is 11.1 Å². The van der Waals surface area contributed by atoms with E-state index in [-0.39, 0.29) is 58.1 Å². The third kappa shape index (κ3) is 13.6. The number of aromatic nitrogens is 4. The van der Waals surface area contributed by atoms with Gasteiger partial charge in [0.05, 0.1) is 37.8 Å². The lowest BCUT2D eigenvalue weighted by Crippen LogP contribution is -2.51. The fourth-order valence-electron chi connectivity index (χ4n) is 3.88. The fourth-order valence-corrected chi connectivity index (χ4v) is 3.88. The van der Waals surface area contributed by atoms with Crippen molar-refractivity contribution in [2.24, 2.45) is 5.73 Å². The van der Waals surface area contributed by atoms with Crippen molar-refractivity contribution >= 4 is 30.4 Å². The summed E-state index contributed by atoms with van der Waals surface area (Å²) in [6.07, 6.45) is 0.618. The Bertz CT molecular complexity index is 1290. The Morgan fingerprint density at radius 2 is 1.64 bits per heavy atom. The monoisotopic (exact) mass is 647 g/mol. The molecule has 0 bridgehead atoms. The summed E-state index contributed by atoms with van der Waals surface area (Å²) in [6.45, 7) is 6.21. The lowest BCUT2D eigenvalue weighted by Gasteiger charge is -2.23. The number of esters is 1. The maximum absolute atomic E-state index is 12.6. The molecule has 0 spiro atoms. The summed E-state index contributed by atoms with van der Waals surface area (Å²) in [5.41, 5.74) is 6.72. The molecule has 2 amide bonds. The summed E-state index contributed by atoms with van der Waals surface area (Å²) >= 11 is 0. The molecule has 0 saturated heterocycles. The Kier molecular flexibility index (Phi) is 17.4. The van der Waals surface area contributed by atoms with E-state index >= 15 is 0 Å². The molecule has 0 aliphatic heterocycles. The Hall–Kier alpha value is -4.07. The molecule has 1 aromatic heterocycles. The van der Waals surface area contributed by atoms with Crippen molar-refractivity contribution in [3.63, 3.8) is 0 Å². The number of nitrogens with two attached hydrogens (primary N) is 1. The topological polar surface area (TPSA) is 173 Å². The number of benzene rings is 2. The van der Waals surface area contributed by atoms with E-state index in [4.69, 9.17) is 19.9 Å². The first-order valence-electron chi connectivity index (χ1n) is 14.2. The van der Waals surface area contributed by atoms with Crippen molar-refractivity contribution in [1.82, 2.24) is 30.8 Å². The lowest BCUT2D eigenvalue weighted by molar-refractivity contribution is -0.145. The highest BCUT2D eigenvalue weighted by Gasteiger charge is 2.28. The minimum absolute atomic E-state index is 0. The number of tetrazole rings is 1. The third-order valence-corrected chi connectivity index (χ3v) is 6.43. The summed E-state index contributed by atoms with van der Waals surface area (Å²) in [6, 6.07) is 18.4. The molecule has 248 valence electrons. The second-order valence-electron chi connectivity index (χ2n) is 10.6. The van der Waals surface area contributed by atoms with Crippen molar-refractivity contribution in [1.29, 1.82) is 0 Å². The van der Waals surface area contributed by atoms with Gasteiger partial charge in [-0.2, -0.15) is 0 Å². The Morgan fingerprint density at radius 3 is 2.31 bits per heavy atom. The Labute approximate surface area is 271 Å². The van der Waals surface area contributed by atoms with Gasteiger partial charge in [0, 0.05) is 6.54 Å². The van der Waals surface area contributed by atoms with Gasteiger partial charge in [-0.05, 0) is 55.2 Å². The molecule has 3 rings (SSSR count). The number of amides is 2. The molecule has 2 atom stereocenters. The first-order valence-corrected chi connectivity index (χ1v) is 14.2. The van der Waals surface area contributed by atoms with Gasteiger partial charge in [0.2, 0.25) is 5.91 Å². The van der Waals surface area contributed by atoms with E-state index in [1.165, 1.54) is 4.68 Å². The zero-order valence-corrected chi connectivity index (χ0v) is 26.1. The van der Waals surface area contributed by atoms with Gasteiger partial charge in [0.25, 0.3) is 0 Å². The predicted molar refractivity (Wildman–Crippen MR) is 171 cm³/mol. The fraction of sp³-hybridized carbons (Fsp3) is 0.484. The van der Waals surface area contributed by atoms with Crippen molar-refractivity contribution in [3.05, 3.63) is 77.6 Å². The van der Waals surface area contributed by atoms with Gasteiger partial charge >= 0.3 is 12.1 Å². The molecular formula is C31H46ClN7O6. The van der Waals surface area contributed by atoms with Crippen LogP contribution in [0, 0.1) is 0 Å². The van der Waals surface area contributed by atoms with Crippen LogP contribution in [-0.2, 0) is 37.0 Å². The minimum atomic E-state index is -1.13. The Balaban J connectivity index is 0.00000506. The zero-order chi connectivity index (χ0) is 31.1. The number of alkyl carbamates (subject to hydrolysis) is 1. The summed E-state index contributed by atoms with van der Waals surface area (Å²) in [7, 11) is 0. The van der Waals surface area contributed by atoms with Crippen LogP contribution < -0.4 is 16.4 Å². The molecule has 0 aliphatic rings. The standard InChI is InChI=1S/C30H41N7O6.CH4.ClH/c1-22(24-14-8-5-9-15-24)27(38)42-18-11-10-16-32-29(40)43-19-17-37-26(34-35-36-37)25(33-28(39)30(2,3)31)21-41-20-23-12-6-4-7-13-23;;/h4-9,12-15,22,25H,10-11,16-21,31H2,1-3H3,(H,32,40)(H,33,39);1H4;1H/t22?,25-;;/m1../s1. The first-order chi connectivity index (χ1) is 20.6. The van der Waals surface area contributed by atoms with Gasteiger partial charge in [-0.15, -0.1) is 17.5 Å². The van der Waals surface area contributed by atoms with Crippen LogP contribution in [-0.4, -0.2) is 70.1 Å². The zero-order valence-electron chi connectivity index (χ0n) is 25.3. The number of nitrogens with one attached hydrogen (secondary N) is 2. The second kappa shape index (κ2) is 20.1. The number of carbonyl (C=O) groups is 3. The quantitative estimate of drug-likeness (QED) is 0.145. The van der Waals surface area contributed by atoms with E-state index in [9.17, 15) is 14.4 Å². The van der Waals surface area contributed by atoms with Gasteiger partial charge in [0.1, 0.15) is 12.6 Å². The molecule has 1 heterocycles. The van der Waals surface area contributed by atoms with Crippen LogP contribution in [0.2, 0.25) is 0 Å². The average molecular weight is 648 g/mol. The lowest BCUT2D eigenvalue weighted by atomic mass is 10.0. The smallest absolute Gasteiger partial charge is 0.407 e. The Morgan fingerprint density at radius 1 is 0.978 bits per heavy atom. The van der Waals surface area contributed by atoms with Crippen LogP contribution in [0.25, 0.3) is 0 Å². The third-order valence-electron chi connectivity index (χ3n) is 6.43. The molecule has 1 unspecified atom stereocenters. The van der Waals surface area contributed by atoms with Crippen molar-refractivity contribution in [2.45, 2.75) is 71.7 Å². The van der Waals surface area contributed by atoms with Gasteiger partial charge in [-0.25, -0.2) is 9.48 Å². The van der Waals surface area contributed by atoms with Gasteiger partial charge < -0.3 is 30.6 Å². The molecule has 14 heteroatoms. The predicted octanol–water partition coefficient (Wildman–Crippen LogP) is 3.70. The largest absolute Gasteiger partial charge is 0.465 e. The van der Waals surface area contributed by atoms with Crippen LogP contribution in [0.3, 0.4) is 0 Å². The van der Waals surface area contributed by atoms with E-state index in [1.807, 2.05) is 67.6 Å². The van der Waals surface area contributed by atoms with Crippen LogP contribution in [0.5, 0.6) is 0 Å². The SMILES string of the molecule is C.CC(C(=O)OCCCCNC(=O)OCCn1nnnc1[C@@H](COCc1ccccc1)NC(=O)C(C)(C)N)c1ccccc1.Cl. The molecule has 13 nitrogen and oxygen atoms in total. The van der Waals surface area contributed by atoms with Gasteiger partial charge in [-0.1, -0.05) is 68.1 Å². The molecular weight excluding hydrogens is 602 g/mol. The number of nitrogens with zero attached hydrogens (tertiary/aromatic N) is 4. The number of ether oxygens (including phenoxy) is 3. The summed E-state index contributed by atoms with van der Waals surface area (Å²) in [5, 5.41) is 17.3. The number of hydrogen-bond acceptors (Lipinski definition) is 10. The molecule has 3 aromatic rings. The number of rotatable bonds is 17. The summed E-state index contributed by atoms with van der Waals surface area (Å²) in [4.78, 5) is 37.0. The number of halogens is 1. The van der Waals surface area contributed by atoms with Crippen LogP contribution in [0.4, 0.5) is 4.79 Å². The molecule has 0 aliphatic carbocycles. The molecule has 0 saturated carbocycles. The molecule has 2 aromatic carbocycles. The second-order valence-corrected chi connectivity index (χ2v) is 10.6. The van der Waals surface area contributed by atoms with Crippen LogP contribution in [0.1, 0.15) is 70.0 Å². The van der Waals surface area contributed by atoms with E-state index in [1.54, 1.807) is 13.8 Å². The van der Waals surface area contributed by atoms with Crippen molar-refractivity contribution in [3.8, 4) is 0 Å². The number of hydrogen-bond donors (Lipinski definition) is 3. The highest BCUT2D eigenvalue weighted by Crippen LogP contribution is 2.16. The van der Waals surface area contributed by atoms with Gasteiger partial charge in [-0.3, -0.25) is 9.59 Å². The van der Waals surface area contributed by atoms with Crippen LogP contribution in [0.15, 0.2) is 60.7 Å². The molecule has 0 fully saturated rings. The van der Waals surface area contributed by atoms with E-state index < -0.39 is 23.6 Å². The normalized spacial score (nSPS) is 12.1. The van der Waals surface area contributed by atoms with Gasteiger partial charge in [0.15, 0.2) is 5.82 Å². The summed E-state index contributed by atoms with van der Waals surface area (Å²) < 4.78 is 17.9.